The third kappa shape index (κ3) is 2.67. The summed E-state index contributed by atoms with van der Waals surface area (Å²) in [6, 6.07) is 2.37. The molecule has 1 fully saturated rings. The van der Waals surface area contributed by atoms with Crippen molar-refractivity contribution in [2.75, 3.05) is 5.32 Å². The first-order chi connectivity index (χ1) is 7.66. The highest BCUT2D eigenvalue weighted by Crippen LogP contribution is 2.32. The van der Waals surface area contributed by atoms with Gasteiger partial charge < -0.3 is 5.32 Å². The van der Waals surface area contributed by atoms with Gasteiger partial charge in [0, 0.05) is 12.2 Å². The molecule has 3 atom stereocenters. The first-order valence-electron chi connectivity index (χ1n) is 6.03. The van der Waals surface area contributed by atoms with E-state index in [0.717, 1.165) is 16.6 Å². The Morgan fingerprint density at radius 2 is 2.19 bits per heavy atom. The van der Waals surface area contributed by atoms with Gasteiger partial charge in [-0.15, -0.1) is 0 Å². The number of aromatic nitrogens is 1. The summed E-state index contributed by atoms with van der Waals surface area (Å²) in [5.74, 6) is 1.52. The molecular formula is C13H19ClN2. The summed E-state index contributed by atoms with van der Waals surface area (Å²) in [7, 11) is 0. The van der Waals surface area contributed by atoms with Crippen molar-refractivity contribution < 1.29 is 0 Å². The van der Waals surface area contributed by atoms with E-state index in [1.165, 1.54) is 19.3 Å². The van der Waals surface area contributed by atoms with Gasteiger partial charge in [-0.2, -0.15) is 0 Å². The fourth-order valence-electron chi connectivity index (χ4n) is 2.42. The van der Waals surface area contributed by atoms with Crippen molar-refractivity contribution in [2.45, 2.75) is 39.2 Å². The molecule has 1 aromatic rings. The highest BCUT2D eigenvalue weighted by atomic mass is 35.5. The van der Waals surface area contributed by atoms with Crippen LogP contribution in [0.4, 0.5) is 5.69 Å². The van der Waals surface area contributed by atoms with Crippen LogP contribution in [-0.2, 0) is 0 Å². The molecule has 0 aromatic carbocycles. The maximum Gasteiger partial charge on any atom is 0.0718 e. The van der Waals surface area contributed by atoms with Gasteiger partial charge in [-0.25, -0.2) is 0 Å². The average Bonchev–Trinajstić information content (AvgIpc) is 2.27. The van der Waals surface area contributed by atoms with Gasteiger partial charge in [-0.1, -0.05) is 31.9 Å². The van der Waals surface area contributed by atoms with Gasteiger partial charge in [0.2, 0.25) is 0 Å². The Hall–Kier alpha value is -0.760. The third-order valence-corrected chi connectivity index (χ3v) is 3.90. The van der Waals surface area contributed by atoms with E-state index >= 15 is 0 Å². The minimum absolute atomic E-state index is 0.533. The Morgan fingerprint density at radius 3 is 2.94 bits per heavy atom. The molecule has 1 aromatic heterocycles. The zero-order chi connectivity index (χ0) is 11.5. The molecule has 0 radical (unpaired) electrons. The molecule has 16 heavy (non-hydrogen) atoms. The minimum atomic E-state index is 0.533. The molecule has 3 unspecified atom stereocenters. The molecule has 0 spiro atoms. The lowest BCUT2D eigenvalue weighted by atomic mass is 9.80. The normalized spacial score (nSPS) is 30.1. The van der Waals surface area contributed by atoms with Gasteiger partial charge in [0.15, 0.2) is 0 Å². The van der Waals surface area contributed by atoms with E-state index in [2.05, 4.69) is 24.1 Å². The second-order valence-electron chi connectivity index (χ2n) is 5.00. The first-order valence-corrected chi connectivity index (χ1v) is 6.40. The van der Waals surface area contributed by atoms with Crippen LogP contribution in [0.15, 0.2) is 18.5 Å². The van der Waals surface area contributed by atoms with Crippen LogP contribution in [0.3, 0.4) is 0 Å². The average molecular weight is 239 g/mol. The van der Waals surface area contributed by atoms with Gasteiger partial charge in [0.25, 0.3) is 0 Å². The largest absolute Gasteiger partial charge is 0.380 e. The van der Waals surface area contributed by atoms with Crippen molar-refractivity contribution in [3.63, 3.8) is 0 Å². The summed E-state index contributed by atoms with van der Waals surface area (Å²) in [6.07, 6.45) is 7.41. The Labute approximate surface area is 102 Å². The molecule has 0 aliphatic heterocycles. The molecule has 1 aliphatic carbocycles. The lowest BCUT2D eigenvalue weighted by Gasteiger charge is -2.34. The van der Waals surface area contributed by atoms with Crippen LogP contribution in [0.25, 0.3) is 0 Å². The van der Waals surface area contributed by atoms with Gasteiger partial charge in [-0.05, 0) is 30.7 Å². The minimum Gasteiger partial charge on any atom is -0.380 e. The van der Waals surface area contributed by atoms with E-state index in [1.54, 1.807) is 6.20 Å². The standard InChI is InChI=1S/C13H19ClN2/c1-9-3-4-10(2)12(7-9)16-13-8-15-6-5-11(13)14/h5-6,8-10,12,16H,3-4,7H2,1-2H3. The quantitative estimate of drug-likeness (QED) is 0.843. The maximum absolute atomic E-state index is 6.13. The van der Waals surface area contributed by atoms with Gasteiger partial charge in [0.05, 0.1) is 16.9 Å². The van der Waals surface area contributed by atoms with Gasteiger partial charge >= 0.3 is 0 Å². The number of rotatable bonds is 2. The number of pyridine rings is 1. The van der Waals surface area contributed by atoms with Crippen molar-refractivity contribution in [1.82, 2.24) is 4.98 Å². The summed E-state index contributed by atoms with van der Waals surface area (Å²) in [6.45, 7) is 4.64. The number of nitrogens with one attached hydrogen (secondary N) is 1. The Balaban J connectivity index is 2.06. The number of hydrogen-bond acceptors (Lipinski definition) is 2. The van der Waals surface area contributed by atoms with Crippen LogP contribution in [-0.4, -0.2) is 11.0 Å². The predicted octanol–water partition coefficient (Wildman–Crippen LogP) is 3.97. The van der Waals surface area contributed by atoms with Crippen molar-refractivity contribution in [1.29, 1.82) is 0 Å². The molecular weight excluding hydrogens is 220 g/mol. The maximum atomic E-state index is 6.13. The van der Waals surface area contributed by atoms with Crippen LogP contribution >= 0.6 is 11.6 Å². The van der Waals surface area contributed by atoms with Crippen molar-refractivity contribution >= 4 is 17.3 Å². The van der Waals surface area contributed by atoms with Gasteiger partial charge in [-0.3, -0.25) is 4.98 Å². The first kappa shape index (κ1) is 11.7. The highest BCUT2D eigenvalue weighted by molar-refractivity contribution is 6.33. The number of anilines is 1. The van der Waals surface area contributed by atoms with Crippen molar-refractivity contribution in [3.8, 4) is 0 Å². The second-order valence-corrected chi connectivity index (χ2v) is 5.41. The number of hydrogen-bond donors (Lipinski definition) is 1. The fraction of sp³-hybridized carbons (Fsp3) is 0.615. The summed E-state index contributed by atoms with van der Waals surface area (Å²) >= 11 is 6.13. The van der Waals surface area contributed by atoms with Crippen LogP contribution < -0.4 is 5.32 Å². The zero-order valence-electron chi connectivity index (χ0n) is 9.91. The van der Waals surface area contributed by atoms with E-state index in [9.17, 15) is 0 Å². The second kappa shape index (κ2) is 5.05. The van der Waals surface area contributed by atoms with E-state index in [-0.39, 0.29) is 0 Å². The Bertz CT molecular complexity index is 354. The Kier molecular flexibility index (Phi) is 3.70. The summed E-state index contributed by atoms with van der Waals surface area (Å²) in [5, 5.41) is 4.30. The lowest BCUT2D eigenvalue weighted by molar-refractivity contribution is 0.280. The molecule has 0 bridgehead atoms. The van der Waals surface area contributed by atoms with Crippen molar-refractivity contribution in [3.05, 3.63) is 23.5 Å². The van der Waals surface area contributed by atoms with Crippen LogP contribution in [0.1, 0.15) is 33.1 Å². The summed E-state index contributed by atoms with van der Waals surface area (Å²) < 4.78 is 0. The molecule has 2 rings (SSSR count). The fourth-order valence-corrected chi connectivity index (χ4v) is 2.58. The van der Waals surface area contributed by atoms with Crippen LogP contribution in [0.2, 0.25) is 5.02 Å². The monoisotopic (exact) mass is 238 g/mol. The topological polar surface area (TPSA) is 24.9 Å². The zero-order valence-corrected chi connectivity index (χ0v) is 10.7. The summed E-state index contributed by atoms with van der Waals surface area (Å²) in [5.41, 5.74) is 0.968. The van der Waals surface area contributed by atoms with Crippen LogP contribution in [0.5, 0.6) is 0 Å². The highest BCUT2D eigenvalue weighted by Gasteiger charge is 2.25. The van der Waals surface area contributed by atoms with E-state index in [4.69, 9.17) is 11.6 Å². The third-order valence-electron chi connectivity index (χ3n) is 3.57. The SMILES string of the molecule is CC1CCC(C)C(Nc2cnccc2Cl)C1. The molecule has 0 amide bonds. The van der Waals surface area contributed by atoms with E-state index in [0.29, 0.717) is 12.0 Å². The molecule has 1 N–H and O–H groups in total. The summed E-state index contributed by atoms with van der Waals surface area (Å²) in [4.78, 5) is 4.11. The Morgan fingerprint density at radius 1 is 1.38 bits per heavy atom. The molecule has 1 saturated carbocycles. The molecule has 0 saturated heterocycles. The molecule has 88 valence electrons. The van der Waals surface area contributed by atoms with Crippen molar-refractivity contribution in [2.24, 2.45) is 11.8 Å². The number of halogens is 1. The number of nitrogens with zero attached hydrogens (tertiary/aromatic N) is 1. The smallest absolute Gasteiger partial charge is 0.0718 e. The predicted molar refractivity (Wildman–Crippen MR) is 68.8 cm³/mol. The molecule has 1 heterocycles. The molecule has 3 heteroatoms. The molecule has 1 aliphatic rings. The van der Waals surface area contributed by atoms with Crippen LogP contribution in [0, 0.1) is 11.8 Å². The molecule has 2 nitrogen and oxygen atoms in total. The van der Waals surface area contributed by atoms with Gasteiger partial charge in [0.1, 0.15) is 0 Å². The van der Waals surface area contributed by atoms with E-state index in [1.807, 2.05) is 12.3 Å². The lowest BCUT2D eigenvalue weighted by Crippen LogP contribution is -2.33. The van der Waals surface area contributed by atoms with E-state index < -0.39 is 0 Å².